The Morgan fingerprint density at radius 3 is 2.20 bits per heavy atom. The predicted molar refractivity (Wildman–Crippen MR) is 103 cm³/mol. The van der Waals surface area contributed by atoms with Gasteiger partial charge in [-0.1, -0.05) is 32.0 Å². The summed E-state index contributed by atoms with van der Waals surface area (Å²) in [4.78, 5) is 17.1. The van der Waals surface area contributed by atoms with E-state index in [-0.39, 0.29) is 5.54 Å². The minimum absolute atomic E-state index is 0.101. The van der Waals surface area contributed by atoms with Gasteiger partial charge in [-0.2, -0.15) is 0 Å². The van der Waals surface area contributed by atoms with Gasteiger partial charge < -0.3 is 9.80 Å². The second-order valence-electron chi connectivity index (χ2n) is 8.81. The summed E-state index contributed by atoms with van der Waals surface area (Å²) in [5.74, 6) is 2.08. The lowest BCUT2D eigenvalue weighted by atomic mass is 9.74. The number of para-hydroxylation sites is 1. The van der Waals surface area contributed by atoms with E-state index in [2.05, 4.69) is 35.8 Å². The first-order chi connectivity index (χ1) is 12.1. The second kappa shape index (κ2) is 6.75. The maximum absolute atomic E-state index is 12.3. The Kier molecular flexibility index (Phi) is 4.61. The van der Waals surface area contributed by atoms with Crippen LogP contribution in [0.3, 0.4) is 0 Å². The minimum atomic E-state index is 0.101. The molecule has 4 rings (SSSR count). The molecule has 3 fully saturated rings. The van der Waals surface area contributed by atoms with Crippen LogP contribution < -0.4 is 4.90 Å². The first kappa shape index (κ1) is 17.1. The van der Waals surface area contributed by atoms with Crippen LogP contribution >= 0.6 is 0 Å². The molecule has 0 bridgehead atoms. The standard InChI is InChI=1S/C22H32N2O/c1-17(2)18-8-10-19(11-9-18)23-14-12-22(13-15-23)16-21(25)24(22)20-6-4-3-5-7-20/h3-7,17-19H,8-16H2,1-2H3. The lowest BCUT2D eigenvalue weighted by molar-refractivity contribution is -0.129. The van der Waals surface area contributed by atoms with Crippen molar-refractivity contribution in [3.63, 3.8) is 0 Å². The fraction of sp³-hybridized carbons (Fsp3) is 0.682. The summed E-state index contributed by atoms with van der Waals surface area (Å²) in [6.45, 7) is 7.07. The smallest absolute Gasteiger partial charge is 0.229 e. The Morgan fingerprint density at radius 1 is 1.00 bits per heavy atom. The third kappa shape index (κ3) is 3.12. The number of piperidine rings is 1. The molecule has 1 aliphatic carbocycles. The lowest BCUT2D eigenvalue weighted by Crippen LogP contribution is -2.68. The van der Waals surface area contributed by atoms with Crippen LogP contribution in [0.1, 0.15) is 58.8 Å². The summed E-state index contributed by atoms with van der Waals surface area (Å²) in [5.41, 5.74) is 1.19. The van der Waals surface area contributed by atoms with Crippen LogP contribution in [-0.4, -0.2) is 35.5 Å². The molecule has 3 nitrogen and oxygen atoms in total. The fourth-order valence-corrected chi connectivity index (χ4v) is 5.45. The highest BCUT2D eigenvalue weighted by atomic mass is 16.2. The molecule has 2 heterocycles. The third-order valence-electron chi connectivity index (χ3n) is 7.15. The summed E-state index contributed by atoms with van der Waals surface area (Å²) >= 11 is 0. The maximum Gasteiger partial charge on any atom is 0.229 e. The summed E-state index contributed by atoms with van der Waals surface area (Å²) < 4.78 is 0. The highest BCUT2D eigenvalue weighted by molar-refractivity contribution is 6.02. The van der Waals surface area contributed by atoms with E-state index >= 15 is 0 Å². The van der Waals surface area contributed by atoms with Crippen LogP contribution in [0.2, 0.25) is 0 Å². The average Bonchev–Trinajstić information content (AvgIpc) is 2.63. The molecular weight excluding hydrogens is 308 g/mol. The van der Waals surface area contributed by atoms with Gasteiger partial charge in [0, 0.05) is 24.8 Å². The number of anilines is 1. The van der Waals surface area contributed by atoms with Gasteiger partial charge in [0.2, 0.25) is 5.91 Å². The van der Waals surface area contributed by atoms with Crippen LogP contribution in [0.15, 0.2) is 30.3 Å². The van der Waals surface area contributed by atoms with Gasteiger partial charge in [-0.3, -0.25) is 4.79 Å². The average molecular weight is 341 g/mol. The molecule has 3 heteroatoms. The third-order valence-corrected chi connectivity index (χ3v) is 7.15. The van der Waals surface area contributed by atoms with Crippen molar-refractivity contribution in [1.29, 1.82) is 0 Å². The van der Waals surface area contributed by atoms with Gasteiger partial charge in [0.15, 0.2) is 0 Å². The van der Waals surface area contributed by atoms with E-state index in [9.17, 15) is 4.79 Å². The summed E-state index contributed by atoms with van der Waals surface area (Å²) in [7, 11) is 0. The molecule has 0 unspecified atom stereocenters. The van der Waals surface area contributed by atoms with E-state index in [0.717, 1.165) is 55.9 Å². The van der Waals surface area contributed by atoms with Crippen molar-refractivity contribution in [2.45, 2.75) is 70.4 Å². The van der Waals surface area contributed by atoms with Crippen LogP contribution in [0.25, 0.3) is 0 Å². The second-order valence-corrected chi connectivity index (χ2v) is 8.81. The number of carbonyl (C=O) groups is 1. The zero-order chi connectivity index (χ0) is 17.4. The minimum Gasteiger partial charge on any atom is -0.306 e. The molecular formula is C22H32N2O. The molecule has 1 saturated carbocycles. The van der Waals surface area contributed by atoms with Crippen LogP contribution in [0.5, 0.6) is 0 Å². The number of amides is 1. The van der Waals surface area contributed by atoms with Gasteiger partial charge in [-0.25, -0.2) is 0 Å². The number of rotatable bonds is 3. The van der Waals surface area contributed by atoms with E-state index in [4.69, 9.17) is 0 Å². The first-order valence-electron chi connectivity index (χ1n) is 10.2. The number of hydrogen-bond donors (Lipinski definition) is 0. The highest BCUT2D eigenvalue weighted by Crippen LogP contribution is 2.45. The van der Waals surface area contributed by atoms with Gasteiger partial charge in [-0.15, -0.1) is 0 Å². The zero-order valence-corrected chi connectivity index (χ0v) is 15.8. The van der Waals surface area contributed by atoms with Crippen molar-refractivity contribution in [2.24, 2.45) is 11.8 Å². The van der Waals surface area contributed by atoms with E-state index in [1.807, 2.05) is 18.2 Å². The van der Waals surface area contributed by atoms with Crippen LogP contribution in [-0.2, 0) is 4.79 Å². The van der Waals surface area contributed by atoms with Crippen molar-refractivity contribution in [3.8, 4) is 0 Å². The van der Waals surface area contributed by atoms with Crippen molar-refractivity contribution in [3.05, 3.63) is 30.3 Å². The molecule has 1 amide bonds. The molecule has 2 aliphatic heterocycles. The topological polar surface area (TPSA) is 23.6 Å². The van der Waals surface area contributed by atoms with Crippen LogP contribution in [0, 0.1) is 11.8 Å². The molecule has 0 aromatic heterocycles. The number of hydrogen-bond acceptors (Lipinski definition) is 2. The molecule has 3 aliphatic rings. The molecule has 25 heavy (non-hydrogen) atoms. The Balaban J connectivity index is 1.36. The first-order valence-corrected chi connectivity index (χ1v) is 10.2. The van der Waals surface area contributed by atoms with Crippen molar-refractivity contribution >= 4 is 11.6 Å². The predicted octanol–water partition coefficient (Wildman–Crippen LogP) is 4.47. The maximum atomic E-state index is 12.3. The number of nitrogens with zero attached hydrogens (tertiary/aromatic N) is 2. The summed E-state index contributed by atoms with van der Waals surface area (Å²) in [6, 6.07) is 11.1. The molecule has 2 saturated heterocycles. The normalized spacial score (nSPS) is 29.9. The van der Waals surface area contributed by atoms with E-state index < -0.39 is 0 Å². The van der Waals surface area contributed by atoms with Crippen molar-refractivity contribution in [2.75, 3.05) is 18.0 Å². The van der Waals surface area contributed by atoms with Crippen molar-refractivity contribution in [1.82, 2.24) is 4.90 Å². The molecule has 136 valence electrons. The monoisotopic (exact) mass is 340 g/mol. The van der Waals surface area contributed by atoms with Gasteiger partial charge in [0.25, 0.3) is 0 Å². The summed E-state index contributed by atoms with van der Waals surface area (Å²) in [6.07, 6.45) is 8.57. The Labute approximate surface area is 152 Å². The number of benzene rings is 1. The summed E-state index contributed by atoms with van der Waals surface area (Å²) in [5, 5.41) is 0. The number of carbonyl (C=O) groups excluding carboxylic acids is 1. The molecule has 0 atom stereocenters. The Hall–Kier alpha value is -1.35. The van der Waals surface area contributed by atoms with Crippen LogP contribution in [0.4, 0.5) is 5.69 Å². The van der Waals surface area contributed by atoms with E-state index in [0.29, 0.717) is 5.91 Å². The SMILES string of the molecule is CC(C)C1CCC(N2CCC3(CC2)CC(=O)N3c2ccccc2)CC1. The van der Waals surface area contributed by atoms with Gasteiger partial charge >= 0.3 is 0 Å². The van der Waals surface area contributed by atoms with E-state index in [1.165, 1.54) is 25.7 Å². The quantitative estimate of drug-likeness (QED) is 0.758. The fourth-order valence-electron chi connectivity index (χ4n) is 5.45. The molecule has 0 radical (unpaired) electrons. The number of likely N-dealkylation sites (tertiary alicyclic amines) is 1. The highest BCUT2D eigenvalue weighted by Gasteiger charge is 2.53. The molecule has 1 aromatic rings. The number of β-lactam (4-membered cyclic amide) rings is 1. The van der Waals surface area contributed by atoms with Gasteiger partial charge in [0.1, 0.15) is 0 Å². The van der Waals surface area contributed by atoms with E-state index in [1.54, 1.807) is 0 Å². The zero-order valence-electron chi connectivity index (χ0n) is 15.8. The molecule has 1 spiro atoms. The molecule has 0 N–H and O–H groups in total. The lowest BCUT2D eigenvalue weighted by Gasteiger charge is -2.56. The Bertz CT molecular complexity index is 596. The molecule has 1 aromatic carbocycles. The largest absolute Gasteiger partial charge is 0.306 e. The van der Waals surface area contributed by atoms with Gasteiger partial charge in [0.05, 0.1) is 12.0 Å². The van der Waals surface area contributed by atoms with Gasteiger partial charge in [-0.05, 0) is 62.5 Å². The van der Waals surface area contributed by atoms with Crippen molar-refractivity contribution < 1.29 is 4.79 Å². The Morgan fingerprint density at radius 2 is 1.64 bits per heavy atom.